The van der Waals surface area contributed by atoms with Crippen molar-refractivity contribution in [3.8, 4) is 17.6 Å². The third-order valence-electron chi connectivity index (χ3n) is 2.37. The van der Waals surface area contributed by atoms with Gasteiger partial charge in [-0.25, -0.2) is 8.42 Å². The van der Waals surface area contributed by atoms with Gasteiger partial charge in [-0.1, -0.05) is 41.6 Å². The first-order valence-corrected chi connectivity index (χ1v) is 8.70. The summed E-state index contributed by atoms with van der Waals surface area (Å²) in [6, 6.07) is 10.3. The molecule has 7 heteroatoms. The molecule has 0 amide bonds. The molecular formula is C14H12ClNO3S2. The molecule has 0 atom stereocenters. The number of thiophene rings is 1. The van der Waals surface area contributed by atoms with Gasteiger partial charge in [0.2, 0.25) is 0 Å². The molecule has 0 aliphatic carbocycles. The Morgan fingerprint density at radius 1 is 1.19 bits per heavy atom. The van der Waals surface area contributed by atoms with Crippen LogP contribution < -0.4 is 9.46 Å². The summed E-state index contributed by atoms with van der Waals surface area (Å²) in [7, 11) is -3.46. The lowest BCUT2D eigenvalue weighted by molar-refractivity contribution is 0.370. The van der Waals surface area contributed by atoms with Gasteiger partial charge in [0.1, 0.15) is 16.6 Å². The number of para-hydroxylation sites is 1. The van der Waals surface area contributed by atoms with Crippen molar-refractivity contribution < 1.29 is 13.2 Å². The molecular weight excluding hydrogens is 330 g/mol. The molecule has 4 nitrogen and oxygen atoms in total. The molecule has 2 aromatic rings. The number of ether oxygens (including phenoxy) is 1. The van der Waals surface area contributed by atoms with Gasteiger partial charge in [-0.3, -0.25) is 0 Å². The van der Waals surface area contributed by atoms with E-state index in [9.17, 15) is 8.42 Å². The number of sulfonamides is 1. The molecule has 0 saturated carbocycles. The lowest BCUT2D eigenvalue weighted by Gasteiger charge is -2.03. The molecule has 0 unspecified atom stereocenters. The largest absolute Gasteiger partial charge is 0.479 e. The summed E-state index contributed by atoms with van der Waals surface area (Å²) in [6.07, 6.45) is 0. The minimum absolute atomic E-state index is 0.0338. The fourth-order valence-electron chi connectivity index (χ4n) is 1.41. The van der Waals surface area contributed by atoms with Crippen molar-refractivity contribution in [2.45, 2.75) is 4.21 Å². The van der Waals surface area contributed by atoms with E-state index in [0.717, 1.165) is 11.3 Å². The van der Waals surface area contributed by atoms with Gasteiger partial charge in [-0.2, -0.15) is 4.72 Å². The van der Waals surface area contributed by atoms with E-state index in [-0.39, 0.29) is 17.4 Å². The molecule has 0 aliphatic rings. The topological polar surface area (TPSA) is 55.4 Å². The van der Waals surface area contributed by atoms with Crippen molar-refractivity contribution in [2.75, 3.05) is 13.2 Å². The highest BCUT2D eigenvalue weighted by atomic mass is 35.5. The average molecular weight is 342 g/mol. The fraction of sp³-hybridized carbons (Fsp3) is 0.143. The van der Waals surface area contributed by atoms with Crippen LogP contribution in [0.4, 0.5) is 0 Å². The number of rotatable bonds is 5. The first-order valence-electron chi connectivity index (χ1n) is 5.96. The predicted octanol–water partition coefficient (Wildman–Crippen LogP) is 2.76. The molecule has 0 bridgehead atoms. The summed E-state index contributed by atoms with van der Waals surface area (Å²) in [5, 5.41) is 2.22. The number of hydrogen-bond donors (Lipinski definition) is 1. The number of nitrogens with one attached hydrogen (secondary N) is 1. The summed E-state index contributed by atoms with van der Waals surface area (Å²) >= 11 is 7.08. The van der Waals surface area contributed by atoms with Crippen molar-refractivity contribution in [1.29, 1.82) is 0 Å². The Kier molecular flexibility index (Phi) is 5.65. The summed E-state index contributed by atoms with van der Waals surface area (Å²) < 4.78 is 31.6. The van der Waals surface area contributed by atoms with Crippen LogP contribution in [0.3, 0.4) is 0 Å². The lowest BCUT2D eigenvalue weighted by Crippen LogP contribution is -2.23. The molecule has 21 heavy (non-hydrogen) atoms. The Hall–Kier alpha value is -1.52. The van der Waals surface area contributed by atoms with Crippen LogP contribution in [0.2, 0.25) is 5.02 Å². The number of hydrogen-bond acceptors (Lipinski definition) is 4. The molecule has 1 aromatic carbocycles. The van der Waals surface area contributed by atoms with Gasteiger partial charge in [-0.05, 0) is 23.6 Å². The van der Waals surface area contributed by atoms with Gasteiger partial charge in [0.05, 0.1) is 11.6 Å². The zero-order valence-electron chi connectivity index (χ0n) is 10.9. The van der Waals surface area contributed by atoms with Gasteiger partial charge < -0.3 is 4.74 Å². The monoisotopic (exact) mass is 341 g/mol. The molecule has 110 valence electrons. The van der Waals surface area contributed by atoms with Gasteiger partial charge in [0, 0.05) is 0 Å². The third kappa shape index (κ3) is 4.76. The van der Waals surface area contributed by atoms with Crippen molar-refractivity contribution in [3.05, 3.63) is 46.8 Å². The minimum atomic E-state index is -3.46. The quantitative estimate of drug-likeness (QED) is 0.851. The summed E-state index contributed by atoms with van der Waals surface area (Å²) in [5.74, 6) is 5.96. The van der Waals surface area contributed by atoms with E-state index >= 15 is 0 Å². The van der Waals surface area contributed by atoms with Crippen molar-refractivity contribution in [3.63, 3.8) is 0 Å². The molecule has 0 radical (unpaired) electrons. The zero-order valence-corrected chi connectivity index (χ0v) is 13.3. The molecule has 0 aliphatic heterocycles. The number of benzene rings is 1. The predicted molar refractivity (Wildman–Crippen MR) is 84.2 cm³/mol. The van der Waals surface area contributed by atoms with E-state index in [1.165, 1.54) is 0 Å². The fourth-order valence-corrected chi connectivity index (χ4v) is 3.56. The Balaban J connectivity index is 1.79. The van der Waals surface area contributed by atoms with Crippen LogP contribution in [-0.2, 0) is 10.0 Å². The van der Waals surface area contributed by atoms with Gasteiger partial charge in [0.25, 0.3) is 10.0 Å². The summed E-state index contributed by atoms with van der Waals surface area (Å²) in [5.41, 5.74) is 0. The van der Waals surface area contributed by atoms with Gasteiger partial charge in [0.15, 0.2) is 0 Å². The maximum atomic E-state index is 11.8. The second-order valence-corrected chi connectivity index (χ2v) is 7.18. The van der Waals surface area contributed by atoms with Crippen LogP contribution in [-0.4, -0.2) is 21.6 Å². The second-order valence-electron chi connectivity index (χ2n) is 3.83. The standard InChI is InChI=1S/C14H12ClNO3S2/c15-12-6-1-2-7-13(12)19-10-4-3-9-16-21(17,18)14-8-5-11-20-14/h1-2,5-8,11,16H,9-10H2. The van der Waals surface area contributed by atoms with E-state index in [0.29, 0.717) is 10.8 Å². The van der Waals surface area contributed by atoms with Crippen molar-refractivity contribution >= 4 is 33.0 Å². The van der Waals surface area contributed by atoms with E-state index < -0.39 is 10.0 Å². The highest BCUT2D eigenvalue weighted by Gasteiger charge is 2.12. The van der Waals surface area contributed by atoms with Crippen LogP contribution >= 0.6 is 22.9 Å². The van der Waals surface area contributed by atoms with Crippen LogP contribution in [0.25, 0.3) is 0 Å². The summed E-state index contributed by atoms with van der Waals surface area (Å²) in [4.78, 5) is 0. The average Bonchev–Trinajstić information content (AvgIpc) is 2.99. The van der Waals surface area contributed by atoms with Gasteiger partial charge >= 0.3 is 0 Å². The van der Waals surface area contributed by atoms with Crippen LogP contribution in [0.5, 0.6) is 5.75 Å². The summed E-state index contributed by atoms with van der Waals surface area (Å²) in [6.45, 7) is 0.177. The smallest absolute Gasteiger partial charge is 0.250 e. The molecule has 1 N–H and O–H groups in total. The van der Waals surface area contributed by atoms with E-state index in [4.69, 9.17) is 16.3 Å². The Morgan fingerprint density at radius 3 is 2.71 bits per heavy atom. The van der Waals surface area contributed by atoms with E-state index in [1.54, 1.807) is 35.7 Å². The van der Waals surface area contributed by atoms with Crippen LogP contribution in [0.1, 0.15) is 0 Å². The molecule has 1 heterocycles. The van der Waals surface area contributed by atoms with Gasteiger partial charge in [-0.15, -0.1) is 11.3 Å². The SMILES string of the molecule is O=S(=O)(NCC#CCOc1ccccc1Cl)c1cccs1. The van der Waals surface area contributed by atoms with Crippen LogP contribution in [0, 0.1) is 11.8 Å². The maximum absolute atomic E-state index is 11.8. The Labute approximate surface area is 132 Å². The third-order valence-corrected chi connectivity index (χ3v) is 5.48. The molecule has 2 rings (SSSR count). The van der Waals surface area contributed by atoms with Crippen molar-refractivity contribution in [1.82, 2.24) is 4.72 Å². The van der Waals surface area contributed by atoms with E-state index in [1.807, 2.05) is 6.07 Å². The Bertz CT molecular complexity index is 746. The maximum Gasteiger partial charge on any atom is 0.250 e. The molecule has 0 spiro atoms. The zero-order chi connectivity index (χ0) is 15.1. The van der Waals surface area contributed by atoms with Crippen LogP contribution in [0.15, 0.2) is 46.0 Å². The highest BCUT2D eigenvalue weighted by molar-refractivity contribution is 7.91. The normalized spacial score (nSPS) is 10.7. The first-order chi connectivity index (χ1) is 10.1. The first kappa shape index (κ1) is 15.9. The number of halogens is 1. The second kappa shape index (κ2) is 7.48. The Morgan fingerprint density at radius 2 is 2.00 bits per heavy atom. The van der Waals surface area contributed by atoms with E-state index in [2.05, 4.69) is 16.6 Å². The molecule has 0 fully saturated rings. The molecule has 1 aromatic heterocycles. The minimum Gasteiger partial charge on any atom is -0.479 e. The lowest BCUT2D eigenvalue weighted by atomic mass is 10.3. The molecule has 0 saturated heterocycles. The van der Waals surface area contributed by atoms with Crippen molar-refractivity contribution in [2.24, 2.45) is 0 Å². The highest BCUT2D eigenvalue weighted by Crippen LogP contribution is 2.22.